The molecule has 0 spiro atoms. The number of nitrogens with one attached hydrogen (secondary N) is 1. The molecule has 0 aliphatic carbocycles. The first-order chi connectivity index (χ1) is 14.2. The molecule has 0 bridgehead atoms. The molecule has 29 heavy (non-hydrogen) atoms. The summed E-state index contributed by atoms with van der Waals surface area (Å²) in [6, 6.07) is 25.7. The monoisotopic (exact) mass is 464 g/mol. The Morgan fingerprint density at radius 3 is 2.41 bits per heavy atom. The van der Waals surface area contributed by atoms with E-state index in [9.17, 15) is 4.79 Å². The molecule has 6 heteroatoms. The lowest BCUT2D eigenvalue weighted by molar-refractivity contribution is -0.118. The van der Waals surface area contributed by atoms with Gasteiger partial charge >= 0.3 is 0 Å². The number of aromatic nitrogens is 1. The normalized spacial score (nSPS) is 10.5. The van der Waals surface area contributed by atoms with Crippen molar-refractivity contribution in [3.05, 3.63) is 88.7 Å². The molecule has 4 aromatic rings. The van der Waals surface area contributed by atoms with Crippen molar-refractivity contribution < 1.29 is 9.53 Å². The standard InChI is InChI=1S/C23H17BrN2O2S/c24-19-8-4-7-18(13-19)21-15-29-23(25-21)26-22(27)14-28-20-11-9-17(10-12-20)16-5-2-1-3-6-16/h1-13,15H,14H2,(H,25,26,27). The second-order valence-electron chi connectivity index (χ2n) is 6.28. The van der Waals surface area contributed by atoms with Crippen molar-refractivity contribution in [2.75, 3.05) is 11.9 Å². The third kappa shape index (κ3) is 5.10. The van der Waals surface area contributed by atoms with Gasteiger partial charge in [0.1, 0.15) is 5.75 Å². The van der Waals surface area contributed by atoms with E-state index in [-0.39, 0.29) is 12.5 Å². The number of anilines is 1. The quantitative estimate of drug-likeness (QED) is 0.366. The van der Waals surface area contributed by atoms with Gasteiger partial charge in [0.15, 0.2) is 11.7 Å². The zero-order chi connectivity index (χ0) is 20.1. The summed E-state index contributed by atoms with van der Waals surface area (Å²) in [5.74, 6) is 0.404. The zero-order valence-electron chi connectivity index (χ0n) is 15.3. The predicted octanol–water partition coefficient (Wildman–Crippen LogP) is 6.26. The van der Waals surface area contributed by atoms with E-state index in [2.05, 4.69) is 38.4 Å². The first-order valence-corrected chi connectivity index (χ1v) is 10.6. The number of halogens is 1. The first kappa shape index (κ1) is 19.4. The van der Waals surface area contributed by atoms with Gasteiger partial charge in [-0.05, 0) is 35.4 Å². The van der Waals surface area contributed by atoms with E-state index >= 15 is 0 Å². The van der Waals surface area contributed by atoms with E-state index in [1.54, 1.807) is 0 Å². The molecule has 0 radical (unpaired) electrons. The molecule has 144 valence electrons. The smallest absolute Gasteiger partial charge is 0.264 e. The number of benzene rings is 3. The summed E-state index contributed by atoms with van der Waals surface area (Å²) < 4.78 is 6.58. The van der Waals surface area contributed by atoms with Crippen LogP contribution in [0.2, 0.25) is 0 Å². The molecule has 0 unspecified atom stereocenters. The molecule has 0 atom stereocenters. The third-order valence-electron chi connectivity index (χ3n) is 4.20. The topological polar surface area (TPSA) is 51.2 Å². The molecule has 1 heterocycles. The lowest BCUT2D eigenvalue weighted by atomic mass is 10.1. The number of ether oxygens (including phenoxy) is 1. The molecule has 1 aromatic heterocycles. The highest BCUT2D eigenvalue weighted by molar-refractivity contribution is 9.10. The Balaban J connectivity index is 1.32. The van der Waals surface area contributed by atoms with Crippen LogP contribution in [0, 0.1) is 0 Å². The van der Waals surface area contributed by atoms with Crippen LogP contribution in [0.15, 0.2) is 88.7 Å². The molecular weight excluding hydrogens is 448 g/mol. The van der Waals surface area contributed by atoms with Gasteiger partial charge in [-0.25, -0.2) is 4.98 Å². The van der Waals surface area contributed by atoms with Crippen molar-refractivity contribution in [1.82, 2.24) is 4.98 Å². The minimum Gasteiger partial charge on any atom is -0.484 e. The highest BCUT2D eigenvalue weighted by atomic mass is 79.9. The highest BCUT2D eigenvalue weighted by Gasteiger charge is 2.09. The van der Waals surface area contributed by atoms with Crippen LogP contribution in [0.4, 0.5) is 5.13 Å². The summed E-state index contributed by atoms with van der Waals surface area (Å²) in [4.78, 5) is 16.7. The van der Waals surface area contributed by atoms with E-state index in [1.807, 2.05) is 72.1 Å². The molecule has 4 rings (SSSR count). The van der Waals surface area contributed by atoms with Crippen LogP contribution in [0.3, 0.4) is 0 Å². The van der Waals surface area contributed by atoms with Crippen molar-refractivity contribution in [2.24, 2.45) is 0 Å². The van der Waals surface area contributed by atoms with E-state index in [0.29, 0.717) is 10.9 Å². The predicted molar refractivity (Wildman–Crippen MR) is 121 cm³/mol. The molecule has 0 saturated heterocycles. The average molecular weight is 465 g/mol. The van der Waals surface area contributed by atoms with Gasteiger partial charge in [-0.1, -0.05) is 70.5 Å². The zero-order valence-corrected chi connectivity index (χ0v) is 17.7. The van der Waals surface area contributed by atoms with Crippen molar-refractivity contribution in [1.29, 1.82) is 0 Å². The molecule has 0 saturated carbocycles. The highest BCUT2D eigenvalue weighted by Crippen LogP contribution is 2.27. The number of thiazole rings is 1. The summed E-state index contributed by atoms with van der Waals surface area (Å²) in [7, 11) is 0. The molecule has 1 amide bonds. The lowest BCUT2D eigenvalue weighted by Gasteiger charge is -2.07. The summed E-state index contributed by atoms with van der Waals surface area (Å²) in [6.07, 6.45) is 0. The van der Waals surface area contributed by atoms with Gasteiger partial charge < -0.3 is 4.74 Å². The SMILES string of the molecule is O=C(COc1ccc(-c2ccccc2)cc1)Nc1nc(-c2cccc(Br)c2)cs1. The van der Waals surface area contributed by atoms with E-state index in [4.69, 9.17) is 4.74 Å². The maximum atomic E-state index is 12.2. The first-order valence-electron chi connectivity index (χ1n) is 8.97. The molecule has 0 aliphatic heterocycles. The van der Waals surface area contributed by atoms with E-state index in [1.165, 1.54) is 11.3 Å². The van der Waals surface area contributed by atoms with Gasteiger partial charge in [-0.2, -0.15) is 0 Å². The van der Waals surface area contributed by atoms with Crippen LogP contribution in [0.5, 0.6) is 5.75 Å². The number of rotatable bonds is 6. The summed E-state index contributed by atoms with van der Waals surface area (Å²) >= 11 is 4.84. The average Bonchev–Trinajstić information content (AvgIpc) is 3.22. The fourth-order valence-electron chi connectivity index (χ4n) is 2.79. The summed E-state index contributed by atoms with van der Waals surface area (Å²) in [6.45, 7) is -0.0729. The summed E-state index contributed by atoms with van der Waals surface area (Å²) in [5.41, 5.74) is 4.06. The molecular formula is C23H17BrN2O2S. The minimum atomic E-state index is -0.243. The number of carbonyl (C=O) groups excluding carboxylic acids is 1. The van der Waals surface area contributed by atoms with Crippen molar-refractivity contribution in [3.8, 4) is 28.1 Å². The Morgan fingerprint density at radius 1 is 0.931 bits per heavy atom. The molecule has 0 aliphatic rings. The molecule has 3 aromatic carbocycles. The van der Waals surface area contributed by atoms with Crippen LogP contribution >= 0.6 is 27.3 Å². The van der Waals surface area contributed by atoms with Crippen molar-refractivity contribution in [2.45, 2.75) is 0 Å². The minimum absolute atomic E-state index is 0.0729. The Kier molecular flexibility index (Phi) is 6.03. The van der Waals surface area contributed by atoms with Gasteiger partial charge in [0, 0.05) is 15.4 Å². The number of nitrogens with zero attached hydrogens (tertiary/aromatic N) is 1. The molecule has 4 nitrogen and oxygen atoms in total. The van der Waals surface area contributed by atoms with E-state index in [0.717, 1.165) is 26.9 Å². The van der Waals surface area contributed by atoms with Gasteiger partial charge in [-0.15, -0.1) is 11.3 Å². The molecule has 0 fully saturated rings. The summed E-state index contributed by atoms with van der Waals surface area (Å²) in [5, 5.41) is 5.25. The Labute approximate surface area is 181 Å². The second kappa shape index (κ2) is 9.03. The molecule has 1 N–H and O–H groups in total. The number of amides is 1. The maximum Gasteiger partial charge on any atom is 0.264 e. The van der Waals surface area contributed by atoms with Crippen LogP contribution in [-0.4, -0.2) is 17.5 Å². The number of hydrogen-bond donors (Lipinski definition) is 1. The lowest BCUT2D eigenvalue weighted by Crippen LogP contribution is -2.20. The van der Waals surface area contributed by atoms with Gasteiger partial charge in [0.05, 0.1) is 5.69 Å². The fraction of sp³-hybridized carbons (Fsp3) is 0.0435. The second-order valence-corrected chi connectivity index (χ2v) is 8.05. The Bertz CT molecular complexity index is 1110. The maximum absolute atomic E-state index is 12.2. The third-order valence-corrected chi connectivity index (χ3v) is 5.45. The largest absolute Gasteiger partial charge is 0.484 e. The van der Waals surface area contributed by atoms with Gasteiger partial charge in [0.25, 0.3) is 5.91 Å². The van der Waals surface area contributed by atoms with Crippen molar-refractivity contribution in [3.63, 3.8) is 0 Å². The Hall–Kier alpha value is -2.96. The van der Waals surface area contributed by atoms with Gasteiger partial charge in [-0.3, -0.25) is 10.1 Å². The number of hydrogen-bond acceptors (Lipinski definition) is 4. The van der Waals surface area contributed by atoms with Crippen LogP contribution in [-0.2, 0) is 4.79 Å². The van der Waals surface area contributed by atoms with Crippen LogP contribution in [0.25, 0.3) is 22.4 Å². The van der Waals surface area contributed by atoms with Gasteiger partial charge in [0.2, 0.25) is 0 Å². The number of carbonyl (C=O) groups is 1. The van der Waals surface area contributed by atoms with Crippen LogP contribution in [0.1, 0.15) is 0 Å². The van der Waals surface area contributed by atoms with E-state index < -0.39 is 0 Å². The van der Waals surface area contributed by atoms with Crippen LogP contribution < -0.4 is 10.1 Å². The fourth-order valence-corrected chi connectivity index (χ4v) is 3.93. The Morgan fingerprint density at radius 2 is 1.66 bits per heavy atom. The van der Waals surface area contributed by atoms with Crippen molar-refractivity contribution >= 4 is 38.3 Å².